The molecule has 0 radical (unpaired) electrons. The van der Waals surface area contributed by atoms with Crippen LogP contribution in [-0.2, 0) is 0 Å². The highest BCUT2D eigenvalue weighted by Crippen LogP contribution is 2.30. The van der Waals surface area contributed by atoms with Crippen LogP contribution < -0.4 is 0 Å². The maximum absolute atomic E-state index is 12.8. The molecule has 0 bridgehead atoms. The molecular formula is C17H22N4O. The van der Waals surface area contributed by atoms with Crippen molar-refractivity contribution in [2.24, 2.45) is 0 Å². The van der Waals surface area contributed by atoms with E-state index in [1.807, 2.05) is 4.90 Å². The molecule has 5 nitrogen and oxygen atoms in total. The molecule has 3 heterocycles. The number of carbonyl (C=O) groups excluding carboxylic acids is 1. The van der Waals surface area contributed by atoms with Gasteiger partial charge in [-0.05, 0) is 58.3 Å². The Morgan fingerprint density at radius 1 is 1.27 bits per heavy atom. The summed E-state index contributed by atoms with van der Waals surface area (Å²) >= 11 is 0. The predicted molar refractivity (Wildman–Crippen MR) is 83.4 cm³/mol. The molecule has 0 saturated carbocycles. The molecule has 0 N–H and O–H groups in total. The minimum absolute atomic E-state index is 0.00962. The molecule has 2 saturated heterocycles. The summed E-state index contributed by atoms with van der Waals surface area (Å²) in [5.41, 5.74) is 1.62. The minimum Gasteiger partial charge on any atom is -0.333 e. The average Bonchev–Trinajstić information content (AvgIpc) is 3.14. The highest BCUT2D eigenvalue weighted by atomic mass is 16.2. The molecule has 2 aliphatic rings. The number of nitriles is 1. The van der Waals surface area contributed by atoms with Crippen molar-refractivity contribution in [1.82, 2.24) is 14.8 Å². The number of aryl methyl sites for hydroxylation is 1. The first-order valence-electron chi connectivity index (χ1n) is 8.01. The maximum Gasteiger partial charge on any atom is 0.272 e. The standard InChI is InChI=1S/C17H22N4O/c1-12-13(11-18)7-8-14(19-12)17(22)21-10-4-6-16(21)15-5-3-9-20(15)2/h7-8,15-16H,3-6,9-10H2,1-2H3/t15-,16-/m1/s1. The Morgan fingerprint density at radius 2 is 2.00 bits per heavy atom. The van der Waals surface area contributed by atoms with Crippen molar-refractivity contribution in [3.05, 3.63) is 29.1 Å². The van der Waals surface area contributed by atoms with Gasteiger partial charge in [-0.25, -0.2) is 4.98 Å². The first-order valence-corrected chi connectivity index (χ1v) is 8.01. The fourth-order valence-corrected chi connectivity index (χ4v) is 3.81. The second kappa shape index (κ2) is 6.05. The Bertz CT molecular complexity index is 622. The number of likely N-dealkylation sites (N-methyl/N-ethyl adjacent to an activating group) is 1. The van der Waals surface area contributed by atoms with E-state index in [1.165, 1.54) is 12.8 Å². The summed E-state index contributed by atoms with van der Waals surface area (Å²) in [4.78, 5) is 21.6. The number of aromatic nitrogens is 1. The van der Waals surface area contributed by atoms with Crippen molar-refractivity contribution in [1.29, 1.82) is 5.26 Å². The van der Waals surface area contributed by atoms with E-state index in [-0.39, 0.29) is 5.91 Å². The fourth-order valence-electron chi connectivity index (χ4n) is 3.81. The van der Waals surface area contributed by atoms with Crippen LogP contribution >= 0.6 is 0 Å². The van der Waals surface area contributed by atoms with E-state index in [4.69, 9.17) is 5.26 Å². The van der Waals surface area contributed by atoms with Crippen molar-refractivity contribution in [3.8, 4) is 6.07 Å². The monoisotopic (exact) mass is 298 g/mol. The summed E-state index contributed by atoms with van der Waals surface area (Å²) in [6.07, 6.45) is 4.53. The van der Waals surface area contributed by atoms with Gasteiger partial charge in [0, 0.05) is 18.6 Å². The van der Waals surface area contributed by atoms with Crippen LogP contribution in [0.4, 0.5) is 0 Å². The Kier molecular flexibility index (Phi) is 4.12. The molecule has 22 heavy (non-hydrogen) atoms. The number of nitrogens with zero attached hydrogens (tertiary/aromatic N) is 4. The van der Waals surface area contributed by atoms with Crippen molar-refractivity contribution in [2.75, 3.05) is 20.1 Å². The van der Waals surface area contributed by atoms with Gasteiger partial charge in [-0.3, -0.25) is 4.79 Å². The fraction of sp³-hybridized carbons (Fsp3) is 0.588. The number of amides is 1. The SMILES string of the molecule is Cc1nc(C(=O)N2CCC[C@@H]2[C@H]2CCCN2C)ccc1C#N. The van der Waals surface area contributed by atoms with Crippen molar-refractivity contribution >= 4 is 5.91 Å². The summed E-state index contributed by atoms with van der Waals surface area (Å²) in [6, 6.07) is 6.26. The van der Waals surface area contributed by atoms with Gasteiger partial charge in [0.1, 0.15) is 11.8 Å². The van der Waals surface area contributed by atoms with E-state index >= 15 is 0 Å². The van der Waals surface area contributed by atoms with Gasteiger partial charge < -0.3 is 9.80 Å². The molecule has 0 spiro atoms. The third-order valence-corrected chi connectivity index (χ3v) is 5.01. The van der Waals surface area contributed by atoms with Crippen LogP contribution in [0.1, 0.15) is 47.4 Å². The van der Waals surface area contributed by atoms with Crippen molar-refractivity contribution in [2.45, 2.75) is 44.7 Å². The Hall–Kier alpha value is -1.93. The van der Waals surface area contributed by atoms with Crippen LogP contribution in [-0.4, -0.2) is 52.9 Å². The first kappa shape index (κ1) is 15.0. The molecule has 1 amide bonds. The van der Waals surface area contributed by atoms with Gasteiger partial charge >= 0.3 is 0 Å². The van der Waals surface area contributed by atoms with E-state index in [0.717, 1.165) is 25.9 Å². The highest BCUT2D eigenvalue weighted by Gasteiger charge is 2.38. The summed E-state index contributed by atoms with van der Waals surface area (Å²) in [5.74, 6) is 0.00962. The van der Waals surface area contributed by atoms with Crippen LogP contribution in [0.25, 0.3) is 0 Å². The number of likely N-dealkylation sites (tertiary alicyclic amines) is 2. The largest absolute Gasteiger partial charge is 0.333 e. The molecule has 116 valence electrons. The van der Waals surface area contributed by atoms with Crippen LogP contribution in [0.3, 0.4) is 0 Å². The summed E-state index contributed by atoms with van der Waals surface area (Å²) in [7, 11) is 2.16. The molecule has 2 aliphatic heterocycles. The van der Waals surface area contributed by atoms with Crippen LogP contribution in [0.2, 0.25) is 0 Å². The average molecular weight is 298 g/mol. The molecule has 3 rings (SSSR count). The molecule has 0 unspecified atom stereocenters. The van der Waals surface area contributed by atoms with Gasteiger partial charge in [0.2, 0.25) is 0 Å². The molecule has 0 aromatic carbocycles. The predicted octanol–water partition coefficient (Wildman–Crippen LogP) is 1.96. The van der Waals surface area contributed by atoms with Gasteiger partial charge in [0.05, 0.1) is 11.3 Å². The lowest BCUT2D eigenvalue weighted by molar-refractivity contribution is 0.0658. The lowest BCUT2D eigenvalue weighted by Gasteiger charge is -2.33. The number of hydrogen-bond donors (Lipinski definition) is 0. The zero-order valence-corrected chi connectivity index (χ0v) is 13.2. The van der Waals surface area contributed by atoms with Gasteiger partial charge in [-0.1, -0.05) is 0 Å². The van der Waals surface area contributed by atoms with E-state index in [9.17, 15) is 4.79 Å². The Morgan fingerprint density at radius 3 is 2.64 bits per heavy atom. The minimum atomic E-state index is 0.00962. The zero-order valence-electron chi connectivity index (χ0n) is 13.2. The number of carbonyl (C=O) groups is 1. The van der Waals surface area contributed by atoms with E-state index < -0.39 is 0 Å². The molecule has 0 aliphatic carbocycles. The van der Waals surface area contributed by atoms with Crippen LogP contribution in [0, 0.1) is 18.3 Å². The van der Waals surface area contributed by atoms with Crippen molar-refractivity contribution < 1.29 is 4.79 Å². The second-order valence-electron chi connectivity index (χ2n) is 6.34. The molecule has 1 aromatic rings. The summed E-state index contributed by atoms with van der Waals surface area (Å²) < 4.78 is 0. The Balaban J connectivity index is 1.82. The Labute approximate surface area is 131 Å². The zero-order chi connectivity index (χ0) is 15.7. The number of hydrogen-bond acceptors (Lipinski definition) is 4. The smallest absolute Gasteiger partial charge is 0.272 e. The maximum atomic E-state index is 12.8. The normalized spacial score (nSPS) is 25.4. The van der Waals surface area contributed by atoms with Crippen molar-refractivity contribution in [3.63, 3.8) is 0 Å². The third-order valence-electron chi connectivity index (χ3n) is 5.01. The van der Waals surface area contributed by atoms with Crippen LogP contribution in [0.15, 0.2) is 12.1 Å². The van der Waals surface area contributed by atoms with E-state index in [1.54, 1.807) is 19.1 Å². The lowest BCUT2D eigenvalue weighted by Crippen LogP contribution is -2.47. The van der Waals surface area contributed by atoms with Gasteiger partial charge in [-0.2, -0.15) is 5.26 Å². The van der Waals surface area contributed by atoms with E-state index in [0.29, 0.717) is 29.0 Å². The van der Waals surface area contributed by atoms with Gasteiger partial charge in [0.25, 0.3) is 5.91 Å². The molecular weight excluding hydrogens is 276 g/mol. The summed E-state index contributed by atoms with van der Waals surface area (Å²) in [6.45, 7) is 3.72. The number of pyridine rings is 1. The van der Waals surface area contributed by atoms with E-state index in [2.05, 4.69) is 23.0 Å². The lowest BCUT2D eigenvalue weighted by atomic mass is 10.0. The molecule has 2 atom stereocenters. The van der Waals surface area contributed by atoms with Gasteiger partial charge in [-0.15, -0.1) is 0 Å². The van der Waals surface area contributed by atoms with Crippen LogP contribution in [0.5, 0.6) is 0 Å². The summed E-state index contributed by atoms with van der Waals surface area (Å²) in [5, 5.41) is 8.98. The second-order valence-corrected chi connectivity index (χ2v) is 6.34. The first-order chi connectivity index (χ1) is 10.6. The molecule has 2 fully saturated rings. The third kappa shape index (κ3) is 2.59. The molecule has 5 heteroatoms. The highest BCUT2D eigenvalue weighted by molar-refractivity contribution is 5.93. The molecule has 1 aromatic heterocycles. The number of rotatable bonds is 2. The quantitative estimate of drug-likeness (QED) is 0.837. The topological polar surface area (TPSA) is 60.2 Å². The van der Waals surface area contributed by atoms with Gasteiger partial charge in [0.15, 0.2) is 0 Å².